The molecule has 0 aliphatic carbocycles. The molecular weight excluding hydrogens is 400 g/mol. The fourth-order valence-corrected chi connectivity index (χ4v) is 4.96. The number of piperidine rings is 1. The van der Waals surface area contributed by atoms with Crippen molar-refractivity contribution in [2.45, 2.75) is 66.0 Å². The zero-order valence-electron chi connectivity index (χ0n) is 20.3. The first kappa shape index (κ1) is 23.0. The van der Waals surface area contributed by atoms with E-state index in [0.717, 1.165) is 49.0 Å². The Morgan fingerprint density at radius 2 is 1.91 bits per heavy atom. The summed E-state index contributed by atoms with van der Waals surface area (Å²) in [5, 5.41) is 0. The summed E-state index contributed by atoms with van der Waals surface area (Å²) in [6.07, 6.45) is 5.89. The number of likely N-dealkylation sites (tertiary alicyclic amines) is 1. The first-order valence-electron chi connectivity index (χ1n) is 12.1. The van der Waals surface area contributed by atoms with Crippen molar-refractivity contribution in [3.63, 3.8) is 0 Å². The number of aromatic nitrogens is 2. The smallest absolute Gasteiger partial charge is 0.173 e. The van der Waals surface area contributed by atoms with Crippen molar-refractivity contribution in [1.82, 2.24) is 14.9 Å². The monoisotopic (exact) mass is 438 g/mol. The maximum atomic E-state index is 5.98. The predicted octanol–water partition coefficient (Wildman–Crippen LogP) is 4.69. The van der Waals surface area contributed by atoms with Gasteiger partial charge in [0.2, 0.25) is 0 Å². The molecule has 2 aliphatic rings. The number of aryl methyl sites for hydroxylation is 2. The van der Waals surface area contributed by atoms with E-state index in [1.165, 1.54) is 24.0 Å². The summed E-state index contributed by atoms with van der Waals surface area (Å²) >= 11 is 0. The Hall–Kier alpha value is -2.18. The summed E-state index contributed by atoms with van der Waals surface area (Å²) < 4.78 is 11.8. The molecule has 1 fully saturated rings. The number of anilines is 1. The van der Waals surface area contributed by atoms with E-state index >= 15 is 0 Å². The molecule has 0 amide bonds. The van der Waals surface area contributed by atoms with Gasteiger partial charge >= 0.3 is 0 Å². The van der Waals surface area contributed by atoms with E-state index in [-0.39, 0.29) is 6.10 Å². The van der Waals surface area contributed by atoms with Crippen molar-refractivity contribution in [3.05, 3.63) is 46.9 Å². The number of nitrogens with zero attached hydrogens (tertiary/aromatic N) is 4. The zero-order valence-corrected chi connectivity index (χ0v) is 20.3. The number of pyridine rings is 2. The minimum Gasteiger partial charge on any atom is -0.488 e. The molecular formula is C26H38N4O2. The van der Waals surface area contributed by atoms with Gasteiger partial charge in [-0.1, -0.05) is 0 Å². The Morgan fingerprint density at radius 3 is 2.66 bits per heavy atom. The van der Waals surface area contributed by atoms with Crippen LogP contribution < -0.4 is 9.64 Å². The lowest BCUT2D eigenvalue weighted by Gasteiger charge is -2.37. The molecule has 6 nitrogen and oxygen atoms in total. The molecule has 6 heteroatoms. The third kappa shape index (κ3) is 5.59. The summed E-state index contributed by atoms with van der Waals surface area (Å²) in [5.41, 5.74) is 4.89. The summed E-state index contributed by atoms with van der Waals surface area (Å²) in [4.78, 5) is 14.1. The Labute approximate surface area is 193 Å². The Kier molecular flexibility index (Phi) is 7.31. The number of hydrogen-bond donors (Lipinski definition) is 0. The van der Waals surface area contributed by atoms with Crippen LogP contribution >= 0.6 is 0 Å². The summed E-state index contributed by atoms with van der Waals surface area (Å²) in [6, 6.07) is 7.00. The summed E-state index contributed by atoms with van der Waals surface area (Å²) in [5.74, 6) is 2.45. The lowest BCUT2D eigenvalue weighted by molar-refractivity contribution is 0.0748. The highest BCUT2D eigenvalue weighted by Gasteiger charge is 2.27. The van der Waals surface area contributed by atoms with Gasteiger partial charge in [0.15, 0.2) is 11.6 Å². The second-order valence-electron chi connectivity index (χ2n) is 9.69. The lowest BCUT2D eigenvalue weighted by Crippen LogP contribution is -2.38. The van der Waals surface area contributed by atoms with Crippen LogP contribution in [0.3, 0.4) is 0 Å². The fourth-order valence-electron chi connectivity index (χ4n) is 4.96. The molecule has 32 heavy (non-hydrogen) atoms. The van der Waals surface area contributed by atoms with Crippen molar-refractivity contribution in [2.75, 3.05) is 37.9 Å². The van der Waals surface area contributed by atoms with Gasteiger partial charge in [-0.15, -0.1) is 0 Å². The number of ether oxygens (including phenoxy) is 2. The fraction of sp³-hybridized carbons (Fsp3) is 0.615. The topological polar surface area (TPSA) is 50.7 Å². The van der Waals surface area contributed by atoms with Gasteiger partial charge in [-0.05, 0) is 95.7 Å². The highest BCUT2D eigenvalue weighted by molar-refractivity contribution is 5.55. The second-order valence-corrected chi connectivity index (χ2v) is 9.69. The molecule has 2 aromatic rings. The van der Waals surface area contributed by atoms with Crippen LogP contribution in [0.25, 0.3) is 0 Å². The third-order valence-corrected chi connectivity index (χ3v) is 6.58. The molecule has 0 aromatic carbocycles. The van der Waals surface area contributed by atoms with Crippen LogP contribution in [0.4, 0.5) is 5.82 Å². The van der Waals surface area contributed by atoms with Crippen LogP contribution in [-0.4, -0.2) is 53.9 Å². The quantitative estimate of drug-likeness (QED) is 0.625. The SMILES string of the molecule is Cc1cc(C[C@H]2CCCN(C(C)c3cnc4c(c3)OCCN4COC(C)C)C2)cc(C)n1. The minimum absolute atomic E-state index is 0.201. The zero-order chi connectivity index (χ0) is 22.7. The van der Waals surface area contributed by atoms with E-state index in [1.54, 1.807) is 0 Å². The highest BCUT2D eigenvalue weighted by atomic mass is 16.5. The van der Waals surface area contributed by atoms with Crippen molar-refractivity contribution in [2.24, 2.45) is 5.92 Å². The molecule has 174 valence electrons. The standard InChI is InChI=1S/C26H38N4O2/c1-18(2)32-17-30-9-10-31-25-14-24(15-27-26(25)30)21(5)29-8-6-7-22(16-29)13-23-11-19(3)28-20(4)12-23/h11-12,14-15,18,21-22H,6-10,13,16-17H2,1-5H3/t21?,22-/m1/s1. The van der Waals surface area contributed by atoms with E-state index in [4.69, 9.17) is 14.5 Å². The molecule has 1 saturated heterocycles. The Bertz CT molecular complexity index is 896. The van der Waals surface area contributed by atoms with Crippen LogP contribution in [0, 0.1) is 19.8 Å². The predicted molar refractivity (Wildman–Crippen MR) is 128 cm³/mol. The molecule has 2 aliphatic heterocycles. The van der Waals surface area contributed by atoms with Gasteiger partial charge in [0.25, 0.3) is 0 Å². The second kappa shape index (κ2) is 10.2. The number of rotatable bonds is 7. The molecule has 1 unspecified atom stereocenters. The van der Waals surface area contributed by atoms with Crippen molar-refractivity contribution in [3.8, 4) is 5.75 Å². The average molecular weight is 439 g/mol. The van der Waals surface area contributed by atoms with Crippen molar-refractivity contribution >= 4 is 5.82 Å². The summed E-state index contributed by atoms with van der Waals surface area (Å²) in [7, 11) is 0. The van der Waals surface area contributed by atoms with Gasteiger partial charge in [0.05, 0.1) is 12.6 Å². The van der Waals surface area contributed by atoms with E-state index in [9.17, 15) is 0 Å². The molecule has 4 heterocycles. The summed E-state index contributed by atoms with van der Waals surface area (Å²) in [6.45, 7) is 14.9. The first-order chi connectivity index (χ1) is 15.4. The van der Waals surface area contributed by atoms with E-state index in [2.05, 4.69) is 67.6 Å². The molecule has 2 atom stereocenters. The van der Waals surface area contributed by atoms with E-state index < -0.39 is 0 Å². The van der Waals surface area contributed by atoms with E-state index in [0.29, 0.717) is 25.3 Å². The first-order valence-corrected chi connectivity index (χ1v) is 12.1. The minimum atomic E-state index is 0.201. The van der Waals surface area contributed by atoms with Crippen LogP contribution in [0.15, 0.2) is 24.4 Å². The van der Waals surface area contributed by atoms with E-state index in [1.807, 2.05) is 6.20 Å². The lowest BCUT2D eigenvalue weighted by atomic mass is 9.90. The van der Waals surface area contributed by atoms with Gasteiger partial charge in [-0.2, -0.15) is 0 Å². The van der Waals surface area contributed by atoms with Gasteiger partial charge in [0.1, 0.15) is 13.3 Å². The maximum absolute atomic E-state index is 5.98. The van der Waals surface area contributed by atoms with Crippen LogP contribution in [0.5, 0.6) is 5.75 Å². The molecule has 2 aromatic heterocycles. The van der Waals surface area contributed by atoms with Gasteiger partial charge in [-0.3, -0.25) is 9.88 Å². The van der Waals surface area contributed by atoms with Crippen molar-refractivity contribution in [1.29, 1.82) is 0 Å². The third-order valence-electron chi connectivity index (χ3n) is 6.58. The number of hydrogen-bond acceptors (Lipinski definition) is 6. The molecule has 4 rings (SSSR count). The van der Waals surface area contributed by atoms with Gasteiger partial charge in [0, 0.05) is 30.2 Å². The molecule has 0 N–H and O–H groups in total. The molecule has 0 bridgehead atoms. The Balaban J connectivity index is 1.42. The maximum Gasteiger partial charge on any atom is 0.173 e. The van der Waals surface area contributed by atoms with Crippen LogP contribution in [0.2, 0.25) is 0 Å². The largest absolute Gasteiger partial charge is 0.488 e. The highest BCUT2D eigenvalue weighted by Crippen LogP contribution is 2.34. The Morgan fingerprint density at radius 1 is 1.12 bits per heavy atom. The van der Waals surface area contributed by atoms with Gasteiger partial charge in [-0.25, -0.2) is 4.98 Å². The molecule has 0 spiro atoms. The van der Waals surface area contributed by atoms with Gasteiger partial charge < -0.3 is 14.4 Å². The molecule has 0 saturated carbocycles. The normalized spacial score (nSPS) is 20.2. The molecule has 0 radical (unpaired) electrons. The van der Waals surface area contributed by atoms with Crippen LogP contribution in [0.1, 0.15) is 62.2 Å². The van der Waals surface area contributed by atoms with Crippen molar-refractivity contribution < 1.29 is 9.47 Å². The number of fused-ring (bicyclic) bond motifs is 1. The van der Waals surface area contributed by atoms with Crippen LogP contribution in [-0.2, 0) is 11.2 Å². The average Bonchev–Trinajstić information content (AvgIpc) is 2.76.